The van der Waals surface area contributed by atoms with Crippen molar-refractivity contribution in [2.75, 3.05) is 25.6 Å². The third kappa shape index (κ3) is 5.89. The van der Waals surface area contributed by atoms with Crippen LogP contribution in [0.1, 0.15) is 36.5 Å². The number of amides is 1. The molecule has 38 heavy (non-hydrogen) atoms. The van der Waals surface area contributed by atoms with Gasteiger partial charge < -0.3 is 14.8 Å². The van der Waals surface area contributed by atoms with Crippen molar-refractivity contribution in [2.24, 2.45) is 0 Å². The van der Waals surface area contributed by atoms with Gasteiger partial charge in [0.1, 0.15) is 10.6 Å². The van der Waals surface area contributed by atoms with Gasteiger partial charge in [-0.05, 0) is 67.6 Å². The Labute approximate surface area is 223 Å². The zero-order valence-corrected chi connectivity index (χ0v) is 22.6. The van der Waals surface area contributed by atoms with Crippen molar-refractivity contribution in [2.45, 2.75) is 43.5 Å². The van der Waals surface area contributed by atoms with Crippen LogP contribution in [-0.2, 0) is 36.3 Å². The van der Waals surface area contributed by atoms with Gasteiger partial charge in [-0.15, -0.1) is 0 Å². The number of nitrogens with one attached hydrogen (secondary N) is 1. The van der Waals surface area contributed by atoms with E-state index in [4.69, 9.17) is 9.47 Å². The van der Waals surface area contributed by atoms with E-state index < -0.39 is 27.9 Å². The van der Waals surface area contributed by atoms with E-state index in [-0.39, 0.29) is 23.2 Å². The first-order chi connectivity index (χ1) is 18.2. The minimum absolute atomic E-state index is 0.00165. The summed E-state index contributed by atoms with van der Waals surface area (Å²) in [4.78, 5) is 25.5. The molecule has 0 heterocycles. The predicted octanol–water partition coefficient (Wildman–Crippen LogP) is 4.43. The van der Waals surface area contributed by atoms with E-state index in [1.807, 2.05) is 30.3 Å². The maximum absolute atomic E-state index is 13.8. The molecule has 1 fully saturated rings. The fourth-order valence-electron chi connectivity index (χ4n) is 4.38. The van der Waals surface area contributed by atoms with Gasteiger partial charge in [0, 0.05) is 12.2 Å². The molecule has 0 bridgehead atoms. The number of esters is 1. The first-order valence-corrected chi connectivity index (χ1v) is 13.9. The molecule has 1 saturated carbocycles. The van der Waals surface area contributed by atoms with E-state index in [1.54, 1.807) is 56.3 Å². The van der Waals surface area contributed by atoms with Crippen molar-refractivity contribution in [3.63, 3.8) is 0 Å². The Balaban J connectivity index is 1.55. The van der Waals surface area contributed by atoms with E-state index in [0.717, 1.165) is 33.8 Å². The summed E-state index contributed by atoms with van der Waals surface area (Å²) >= 11 is 0. The number of carbonyl (C=O) groups is 2. The van der Waals surface area contributed by atoms with E-state index >= 15 is 0 Å². The van der Waals surface area contributed by atoms with Crippen molar-refractivity contribution in [1.82, 2.24) is 4.31 Å². The van der Waals surface area contributed by atoms with E-state index in [9.17, 15) is 18.0 Å². The van der Waals surface area contributed by atoms with Gasteiger partial charge in [0.05, 0.1) is 25.7 Å². The molecule has 1 aliphatic carbocycles. The van der Waals surface area contributed by atoms with Crippen molar-refractivity contribution >= 4 is 27.6 Å². The van der Waals surface area contributed by atoms with Gasteiger partial charge in [-0.2, -0.15) is 4.31 Å². The van der Waals surface area contributed by atoms with E-state index in [2.05, 4.69) is 5.32 Å². The molecular weight excluding hydrogens is 504 g/mol. The molecule has 1 aliphatic rings. The molecule has 0 aliphatic heterocycles. The van der Waals surface area contributed by atoms with E-state index in [0.29, 0.717) is 12.3 Å². The van der Waals surface area contributed by atoms with Gasteiger partial charge in [0.25, 0.3) is 0 Å². The Bertz CT molecular complexity index is 1400. The fraction of sp³-hybridized carbons (Fsp3) is 0.310. The predicted molar refractivity (Wildman–Crippen MR) is 144 cm³/mol. The molecule has 0 atom stereocenters. The number of rotatable bonds is 11. The smallest absolute Gasteiger partial charge is 0.316 e. The second-order valence-corrected chi connectivity index (χ2v) is 11.2. The number of sulfonamides is 1. The Morgan fingerprint density at radius 1 is 1.00 bits per heavy atom. The third-order valence-corrected chi connectivity index (χ3v) is 8.41. The lowest BCUT2D eigenvalue weighted by Gasteiger charge is -2.23. The lowest BCUT2D eigenvalue weighted by molar-refractivity contribution is -0.146. The Hall–Kier alpha value is -3.69. The molecule has 0 unspecified atom stereocenters. The molecule has 1 N–H and O–H groups in total. The molecule has 0 saturated heterocycles. The first kappa shape index (κ1) is 27.3. The quantitative estimate of drug-likeness (QED) is 0.364. The number of hydrogen-bond acceptors (Lipinski definition) is 6. The third-order valence-electron chi connectivity index (χ3n) is 6.60. The maximum atomic E-state index is 13.8. The summed E-state index contributed by atoms with van der Waals surface area (Å²) in [6.45, 7) is 3.51. The standard InChI is InChI=1S/C29H32N2O6S/c1-4-37-28(33)29(16-17-29)23-11-13-24(14-12-23)30-27(32)20-31(19-22-8-6-5-7-9-22)38(34,35)26-18-21(2)10-15-25(26)36-3/h5-15,18H,4,16-17,19-20H2,1-3H3,(H,30,32). The zero-order chi connectivity index (χ0) is 27.3. The van der Waals surface area contributed by atoms with Gasteiger partial charge in [-0.1, -0.05) is 48.5 Å². The number of benzene rings is 3. The second-order valence-electron chi connectivity index (χ2n) is 9.34. The fourth-order valence-corrected chi connectivity index (χ4v) is 6.00. The zero-order valence-electron chi connectivity index (χ0n) is 21.8. The van der Waals surface area contributed by atoms with Crippen molar-refractivity contribution in [3.8, 4) is 5.75 Å². The van der Waals surface area contributed by atoms with Crippen LogP contribution in [0.15, 0.2) is 77.7 Å². The number of aryl methyl sites for hydroxylation is 1. The molecule has 0 aromatic heterocycles. The summed E-state index contributed by atoms with van der Waals surface area (Å²) in [5.41, 5.74) is 2.24. The van der Waals surface area contributed by atoms with Gasteiger partial charge in [0.15, 0.2) is 0 Å². The lowest BCUT2D eigenvalue weighted by Crippen LogP contribution is -2.37. The normalized spacial score (nSPS) is 14.1. The number of methoxy groups -OCH3 is 1. The van der Waals surface area contributed by atoms with Crippen LogP contribution in [0.4, 0.5) is 5.69 Å². The van der Waals surface area contributed by atoms with Crippen molar-refractivity contribution in [3.05, 3.63) is 89.5 Å². The lowest BCUT2D eigenvalue weighted by atomic mass is 9.96. The van der Waals surface area contributed by atoms with Crippen LogP contribution < -0.4 is 10.1 Å². The number of carbonyl (C=O) groups excluding carboxylic acids is 2. The van der Waals surface area contributed by atoms with Crippen LogP contribution in [0.25, 0.3) is 0 Å². The summed E-state index contributed by atoms with van der Waals surface area (Å²) in [5.74, 6) is -0.513. The Morgan fingerprint density at radius 2 is 1.68 bits per heavy atom. The van der Waals surface area contributed by atoms with Gasteiger partial charge in [-0.3, -0.25) is 9.59 Å². The van der Waals surface area contributed by atoms with E-state index in [1.165, 1.54) is 7.11 Å². The number of hydrogen-bond donors (Lipinski definition) is 1. The monoisotopic (exact) mass is 536 g/mol. The number of anilines is 1. The topological polar surface area (TPSA) is 102 Å². The molecule has 0 spiro atoms. The minimum atomic E-state index is -4.09. The highest BCUT2D eigenvalue weighted by Gasteiger charge is 2.52. The largest absolute Gasteiger partial charge is 0.495 e. The molecular formula is C29H32N2O6S. The highest BCUT2D eigenvalue weighted by Crippen LogP contribution is 2.49. The number of nitrogens with zero attached hydrogens (tertiary/aromatic N) is 1. The van der Waals surface area contributed by atoms with Crippen LogP contribution in [0.5, 0.6) is 5.75 Å². The average Bonchev–Trinajstić information content (AvgIpc) is 3.72. The van der Waals surface area contributed by atoms with Crippen LogP contribution in [0, 0.1) is 6.92 Å². The molecule has 0 radical (unpaired) electrons. The minimum Gasteiger partial charge on any atom is -0.495 e. The van der Waals surface area contributed by atoms with Crippen LogP contribution in [0.3, 0.4) is 0 Å². The molecule has 8 nitrogen and oxygen atoms in total. The van der Waals surface area contributed by atoms with Gasteiger partial charge in [-0.25, -0.2) is 8.42 Å². The second kappa shape index (κ2) is 11.4. The maximum Gasteiger partial charge on any atom is 0.316 e. The molecule has 3 aromatic rings. The molecule has 9 heteroatoms. The van der Waals surface area contributed by atoms with Crippen molar-refractivity contribution < 1.29 is 27.5 Å². The highest BCUT2D eigenvalue weighted by molar-refractivity contribution is 7.89. The highest BCUT2D eigenvalue weighted by atomic mass is 32.2. The van der Waals surface area contributed by atoms with Crippen molar-refractivity contribution in [1.29, 1.82) is 0 Å². The average molecular weight is 537 g/mol. The van der Waals surface area contributed by atoms with Crippen LogP contribution in [-0.4, -0.2) is 44.9 Å². The first-order valence-electron chi connectivity index (χ1n) is 12.5. The van der Waals surface area contributed by atoms with Gasteiger partial charge >= 0.3 is 5.97 Å². The SMILES string of the molecule is CCOC(=O)C1(c2ccc(NC(=O)CN(Cc3ccccc3)S(=O)(=O)c3cc(C)ccc3OC)cc2)CC1. The summed E-state index contributed by atoms with van der Waals surface area (Å²) in [6.07, 6.45) is 1.46. The molecule has 1 amide bonds. The van der Waals surface area contributed by atoms with Crippen LogP contribution >= 0.6 is 0 Å². The van der Waals surface area contributed by atoms with Crippen LogP contribution in [0.2, 0.25) is 0 Å². The summed E-state index contributed by atoms with van der Waals surface area (Å²) in [5, 5.41) is 2.78. The molecule has 4 rings (SSSR count). The Morgan fingerprint density at radius 3 is 2.29 bits per heavy atom. The summed E-state index contributed by atoms with van der Waals surface area (Å²) < 4.78 is 39.2. The summed E-state index contributed by atoms with van der Waals surface area (Å²) in [7, 11) is -2.68. The number of ether oxygens (including phenoxy) is 2. The van der Waals surface area contributed by atoms with Gasteiger partial charge in [0.2, 0.25) is 15.9 Å². The Kier molecular flexibility index (Phi) is 8.18. The summed E-state index contributed by atoms with van der Waals surface area (Å²) in [6, 6.07) is 21.0. The molecule has 200 valence electrons. The molecule has 3 aromatic carbocycles.